The third kappa shape index (κ3) is 2.42. The first kappa shape index (κ1) is 14.1. The van der Waals surface area contributed by atoms with Crippen LogP contribution in [0.1, 0.15) is 6.42 Å². The molecule has 6 heteroatoms. The standard InChI is InChI=1S/C15H13ClFNO3/c16-10-4-3-9(17)6-11(10)18-14(19)12-7-1-2-8(5-7)13(12)15(20)21/h1-4,6-8,12-13H,5H2,(H,18,19)(H,20,21)/t7?,8?,12-,13+/m0/s1. The van der Waals surface area contributed by atoms with Crippen LogP contribution in [0, 0.1) is 29.5 Å². The minimum atomic E-state index is -0.975. The molecule has 0 aromatic heterocycles. The van der Waals surface area contributed by atoms with E-state index in [1.54, 1.807) is 0 Å². The van der Waals surface area contributed by atoms with Crippen molar-refractivity contribution in [2.24, 2.45) is 23.7 Å². The van der Waals surface area contributed by atoms with Gasteiger partial charge in [-0.05, 0) is 36.5 Å². The fraction of sp³-hybridized carbons (Fsp3) is 0.333. The Morgan fingerprint density at radius 3 is 2.57 bits per heavy atom. The zero-order valence-electron chi connectivity index (χ0n) is 10.9. The largest absolute Gasteiger partial charge is 0.481 e. The van der Waals surface area contributed by atoms with Gasteiger partial charge >= 0.3 is 5.97 Å². The van der Waals surface area contributed by atoms with Crippen molar-refractivity contribution in [2.45, 2.75) is 6.42 Å². The molecule has 0 spiro atoms. The van der Waals surface area contributed by atoms with Crippen molar-refractivity contribution in [1.29, 1.82) is 0 Å². The van der Waals surface area contributed by atoms with Crippen molar-refractivity contribution in [3.05, 3.63) is 41.2 Å². The van der Waals surface area contributed by atoms with E-state index in [0.717, 1.165) is 6.07 Å². The number of carbonyl (C=O) groups excluding carboxylic acids is 1. The summed E-state index contributed by atoms with van der Waals surface area (Å²) in [6.07, 6.45) is 4.43. The van der Waals surface area contributed by atoms with E-state index in [-0.39, 0.29) is 22.5 Å². The third-order valence-corrected chi connectivity index (χ3v) is 4.56. The Labute approximate surface area is 125 Å². The number of carboxylic acids is 1. The summed E-state index contributed by atoms with van der Waals surface area (Å²) in [4.78, 5) is 23.8. The third-order valence-electron chi connectivity index (χ3n) is 4.23. The number of anilines is 1. The van der Waals surface area contributed by atoms with Crippen LogP contribution >= 0.6 is 11.6 Å². The Morgan fingerprint density at radius 1 is 1.24 bits per heavy atom. The van der Waals surface area contributed by atoms with Crippen LogP contribution in [0.25, 0.3) is 0 Å². The molecule has 2 unspecified atom stereocenters. The van der Waals surface area contributed by atoms with Gasteiger partial charge in [0.15, 0.2) is 0 Å². The van der Waals surface area contributed by atoms with Crippen LogP contribution in [-0.4, -0.2) is 17.0 Å². The number of fused-ring (bicyclic) bond motifs is 2. The number of benzene rings is 1. The predicted molar refractivity (Wildman–Crippen MR) is 75.4 cm³/mol. The van der Waals surface area contributed by atoms with E-state index in [1.807, 2.05) is 12.2 Å². The zero-order valence-corrected chi connectivity index (χ0v) is 11.7. The fourth-order valence-electron chi connectivity index (χ4n) is 3.33. The van der Waals surface area contributed by atoms with Gasteiger partial charge in [0.25, 0.3) is 0 Å². The Kier molecular flexibility index (Phi) is 3.45. The smallest absolute Gasteiger partial charge is 0.307 e. The first-order valence-electron chi connectivity index (χ1n) is 6.64. The molecule has 3 rings (SSSR count). The molecule has 1 fully saturated rings. The summed E-state index contributed by atoms with van der Waals surface area (Å²) in [7, 11) is 0. The van der Waals surface area contributed by atoms with Crippen molar-refractivity contribution in [3.8, 4) is 0 Å². The van der Waals surface area contributed by atoms with Gasteiger partial charge in [0.05, 0.1) is 22.5 Å². The first-order chi connectivity index (χ1) is 9.97. The molecule has 2 aliphatic carbocycles. The van der Waals surface area contributed by atoms with Gasteiger partial charge in [-0.1, -0.05) is 23.8 Å². The molecule has 2 N–H and O–H groups in total. The van der Waals surface area contributed by atoms with Crippen molar-refractivity contribution in [3.63, 3.8) is 0 Å². The average molecular weight is 310 g/mol. The summed E-state index contributed by atoms with van der Waals surface area (Å²) in [5.41, 5.74) is 0.164. The summed E-state index contributed by atoms with van der Waals surface area (Å²) in [5, 5.41) is 12.1. The number of aliphatic carboxylic acids is 1. The monoisotopic (exact) mass is 309 g/mol. The molecule has 1 amide bonds. The number of hydrogen-bond donors (Lipinski definition) is 2. The van der Waals surface area contributed by atoms with Crippen LogP contribution in [0.4, 0.5) is 10.1 Å². The van der Waals surface area contributed by atoms with E-state index in [0.29, 0.717) is 6.42 Å². The molecule has 110 valence electrons. The topological polar surface area (TPSA) is 66.4 Å². The molecule has 4 atom stereocenters. The van der Waals surface area contributed by atoms with E-state index in [9.17, 15) is 19.1 Å². The van der Waals surface area contributed by atoms with Gasteiger partial charge in [0, 0.05) is 0 Å². The van der Waals surface area contributed by atoms with Crippen LogP contribution in [-0.2, 0) is 9.59 Å². The van der Waals surface area contributed by atoms with E-state index in [2.05, 4.69) is 5.32 Å². The first-order valence-corrected chi connectivity index (χ1v) is 7.02. The Morgan fingerprint density at radius 2 is 1.90 bits per heavy atom. The van der Waals surface area contributed by atoms with Gasteiger partial charge in [-0.15, -0.1) is 0 Å². The number of carboxylic acid groups (broad SMARTS) is 1. The average Bonchev–Trinajstić information content (AvgIpc) is 3.03. The number of hydrogen-bond acceptors (Lipinski definition) is 2. The maximum Gasteiger partial charge on any atom is 0.307 e. The van der Waals surface area contributed by atoms with Gasteiger partial charge in [-0.25, -0.2) is 4.39 Å². The lowest BCUT2D eigenvalue weighted by Gasteiger charge is -2.24. The molecule has 2 aliphatic rings. The molecule has 21 heavy (non-hydrogen) atoms. The van der Waals surface area contributed by atoms with Gasteiger partial charge < -0.3 is 10.4 Å². The molecular weight excluding hydrogens is 297 g/mol. The summed E-state index contributed by atoms with van der Waals surface area (Å²) in [6, 6.07) is 3.67. The number of nitrogens with one attached hydrogen (secondary N) is 1. The molecule has 0 heterocycles. The molecule has 0 radical (unpaired) electrons. The lowest BCUT2D eigenvalue weighted by atomic mass is 9.82. The predicted octanol–water partition coefficient (Wildman–Crippen LogP) is 2.94. The second kappa shape index (κ2) is 5.15. The summed E-state index contributed by atoms with van der Waals surface area (Å²) < 4.78 is 13.2. The van der Waals surface area contributed by atoms with Crippen molar-refractivity contribution >= 4 is 29.2 Å². The van der Waals surface area contributed by atoms with E-state index < -0.39 is 29.5 Å². The van der Waals surface area contributed by atoms with Gasteiger partial charge in [-0.2, -0.15) is 0 Å². The van der Waals surface area contributed by atoms with Gasteiger partial charge in [-0.3, -0.25) is 9.59 Å². The SMILES string of the molecule is O=C(O)[C@@H]1C2C=CC(C2)[C@@H]1C(=O)Nc1cc(F)ccc1Cl. The van der Waals surface area contributed by atoms with Crippen molar-refractivity contribution in [1.82, 2.24) is 0 Å². The number of carbonyl (C=O) groups is 2. The molecular formula is C15H13ClFNO3. The number of amides is 1. The van der Waals surface area contributed by atoms with E-state index in [1.165, 1.54) is 12.1 Å². The molecule has 0 saturated heterocycles. The quantitative estimate of drug-likeness (QED) is 0.844. The summed E-state index contributed by atoms with van der Waals surface area (Å²) >= 11 is 5.91. The Balaban J connectivity index is 1.83. The highest BCUT2D eigenvalue weighted by molar-refractivity contribution is 6.33. The molecule has 0 aliphatic heterocycles. The molecule has 1 saturated carbocycles. The van der Waals surface area contributed by atoms with Crippen LogP contribution in [0.3, 0.4) is 0 Å². The van der Waals surface area contributed by atoms with Crippen LogP contribution in [0.15, 0.2) is 30.4 Å². The van der Waals surface area contributed by atoms with Crippen molar-refractivity contribution in [2.75, 3.05) is 5.32 Å². The lowest BCUT2D eigenvalue weighted by Crippen LogP contribution is -2.36. The Bertz CT molecular complexity index is 646. The number of rotatable bonds is 3. The molecule has 4 nitrogen and oxygen atoms in total. The second-order valence-electron chi connectivity index (χ2n) is 5.45. The second-order valence-corrected chi connectivity index (χ2v) is 5.86. The van der Waals surface area contributed by atoms with Crippen molar-refractivity contribution < 1.29 is 19.1 Å². The molecule has 1 aromatic carbocycles. The van der Waals surface area contributed by atoms with Gasteiger partial charge in [0.1, 0.15) is 5.82 Å². The number of allylic oxidation sites excluding steroid dienone is 2. The fourth-order valence-corrected chi connectivity index (χ4v) is 3.49. The highest BCUT2D eigenvalue weighted by atomic mass is 35.5. The summed E-state index contributed by atoms with van der Waals surface area (Å²) in [6.45, 7) is 0. The summed E-state index contributed by atoms with van der Waals surface area (Å²) in [5.74, 6) is -3.47. The van der Waals surface area contributed by atoms with E-state index in [4.69, 9.17) is 11.6 Å². The lowest BCUT2D eigenvalue weighted by molar-refractivity contribution is -0.146. The highest BCUT2D eigenvalue weighted by Crippen LogP contribution is 2.48. The minimum Gasteiger partial charge on any atom is -0.481 e. The number of halogens is 2. The highest BCUT2D eigenvalue weighted by Gasteiger charge is 2.51. The van der Waals surface area contributed by atoms with Crippen LogP contribution in [0.5, 0.6) is 0 Å². The van der Waals surface area contributed by atoms with Gasteiger partial charge in [0.2, 0.25) is 5.91 Å². The minimum absolute atomic E-state index is 0.0802. The molecule has 1 aromatic rings. The molecule has 2 bridgehead atoms. The maximum absolute atomic E-state index is 13.2. The zero-order chi connectivity index (χ0) is 15.1. The van der Waals surface area contributed by atoms with E-state index >= 15 is 0 Å². The normalized spacial score (nSPS) is 29.6. The maximum atomic E-state index is 13.2. The Hall–Kier alpha value is -1.88. The van der Waals surface area contributed by atoms with Crippen LogP contribution in [0.2, 0.25) is 5.02 Å². The van der Waals surface area contributed by atoms with Crippen LogP contribution < -0.4 is 5.32 Å².